The molecule has 0 amide bonds. The number of hydrogen-bond donors (Lipinski definition) is 1. The topological polar surface area (TPSA) is 18.5 Å². The highest BCUT2D eigenvalue weighted by Gasteiger charge is 2.37. The smallest absolute Gasteiger partial charge is 0.0128 e. The fraction of sp³-hybridized carbons (Fsp3) is 1.00. The van der Waals surface area contributed by atoms with Crippen LogP contribution in [0.2, 0.25) is 0 Å². The summed E-state index contributed by atoms with van der Waals surface area (Å²) in [5.74, 6) is 0. The molecule has 0 saturated carbocycles. The van der Waals surface area contributed by atoms with E-state index >= 15 is 0 Å². The van der Waals surface area contributed by atoms with Gasteiger partial charge in [-0.1, -0.05) is 6.92 Å². The van der Waals surface area contributed by atoms with E-state index in [1.165, 1.54) is 71.0 Å². The van der Waals surface area contributed by atoms with E-state index in [0.717, 1.165) is 24.2 Å². The largest absolute Gasteiger partial charge is 0.311 e. The number of piperidine rings is 1. The lowest BCUT2D eigenvalue weighted by atomic mass is 9.94. The van der Waals surface area contributed by atoms with Crippen LogP contribution in [0.1, 0.15) is 58.3 Å². The fourth-order valence-electron chi connectivity index (χ4n) is 4.77. The van der Waals surface area contributed by atoms with Crippen molar-refractivity contribution in [3.8, 4) is 0 Å². The van der Waals surface area contributed by atoms with Gasteiger partial charge in [0.15, 0.2) is 0 Å². The third kappa shape index (κ3) is 3.37. The van der Waals surface area contributed by atoms with Gasteiger partial charge < -0.3 is 10.2 Å². The molecule has 2 bridgehead atoms. The Bertz CT molecular complexity index is 295. The first-order chi connectivity index (χ1) is 9.76. The van der Waals surface area contributed by atoms with E-state index in [-0.39, 0.29) is 0 Å². The highest BCUT2D eigenvalue weighted by Crippen LogP contribution is 2.32. The molecule has 0 aromatic carbocycles. The normalized spacial score (nSPS) is 39.1. The second kappa shape index (κ2) is 6.76. The second-order valence-corrected chi connectivity index (χ2v) is 7.39. The fourth-order valence-corrected chi connectivity index (χ4v) is 4.77. The number of fused-ring (bicyclic) bond motifs is 2. The zero-order valence-electron chi connectivity index (χ0n) is 13.5. The molecule has 0 aromatic heterocycles. The lowest BCUT2D eigenvalue weighted by Gasteiger charge is -2.42. The minimum atomic E-state index is 0.826. The second-order valence-electron chi connectivity index (χ2n) is 7.39. The van der Waals surface area contributed by atoms with Gasteiger partial charge in [-0.25, -0.2) is 0 Å². The molecule has 3 nitrogen and oxygen atoms in total. The molecule has 3 heterocycles. The highest BCUT2D eigenvalue weighted by molar-refractivity contribution is 4.97. The highest BCUT2D eigenvalue weighted by atomic mass is 15.2. The van der Waals surface area contributed by atoms with Crippen LogP contribution in [0.25, 0.3) is 0 Å². The van der Waals surface area contributed by atoms with E-state index in [4.69, 9.17) is 0 Å². The summed E-state index contributed by atoms with van der Waals surface area (Å²) in [5, 5.41) is 3.80. The Balaban J connectivity index is 1.65. The molecule has 3 aliphatic heterocycles. The first kappa shape index (κ1) is 14.8. The zero-order chi connectivity index (χ0) is 13.9. The van der Waals surface area contributed by atoms with Crippen LogP contribution in [0.4, 0.5) is 0 Å². The molecular weight excluding hydrogens is 246 g/mol. The van der Waals surface area contributed by atoms with Gasteiger partial charge in [0.05, 0.1) is 0 Å². The molecule has 20 heavy (non-hydrogen) atoms. The third-order valence-corrected chi connectivity index (χ3v) is 5.79. The third-order valence-electron chi connectivity index (χ3n) is 5.79. The van der Waals surface area contributed by atoms with Crippen molar-refractivity contribution in [3.63, 3.8) is 0 Å². The molecule has 0 radical (unpaired) electrons. The molecule has 3 rings (SSSR count). The summed E-state index contributed by atoms with van der Waals surface area (Å²) in [7, 11) is 2.29. The van der Waals surface area contributed by atoms with E-state index in [0.29, 0.717) is 0 Å². The van der Waals surface area contributed by atoms with E-state index in [2.05, 4.69) is 29.1 Å². The van der Waals surface area contributed by atoms with Gasteiger partial charge >= 0.3 is 0 Å². The maximum atomic E-state index is 3.80. The number of hydrogen-bond acceptors (Lipinski definition) is 3. The summed E-state index contributed by atoms with van der Waals surface area (Å²) in [4.78, 5) is 5.45. The van der Waals surface area contributed by atoms with Crippen molar-refractivity contribution in [2.75, 3.05) is 26.7 Å². The maximum Gasteiger partial charge on any atom is 0.0128 e. The number of likely N-dealkylation sites (tertiary alicyclic amines) is 1. The maximum absolute atomic E-state index is 3.80. The molecule has 116 valence electrons. The van der Waals surface area contributed by atoms with E-state index < -0.39 is 0 Å². The quantitative estimate of drug-likeness (QED) is 0.853. The number of nitrogens with one attached hydrogen (secondary N) is 1. The molecule has 1 N–H and O–H groups in total. The van der Waals surface area contributed by atoms with Crippen LogP contribution in [-0.2, 0) is 0 Å². The molecule has 3 atom stereocenters. The Labute approximate surface area is 125 Å². The minimum Gasteiger partial charge on any atom is -0.311 e. The van der Waals surface area contributed by atoms with Crippen molar-refractivity contribution in [1.29, 1.82) is 0 Å². The summed E-state index contributed by atoms with van der Waals surface area (Å²) < 4.78 is 0. The van der Waals surface area contributed by atoms with Crippen LogP contribution in [0.15, 0.2) is 0 Å². The lowest BCUT2D eigenvalue weighted by Crippen LogP contribution is -2.52. The minimum absolute atomic E-state index is 0.826. The van der Waals surface area contributed by atoms with Gasteiger partial charge in [0, 0.05) is 24.2 Å². The molecule has 3 unspecified atom stereocenters. The Morgan fingerprint density at radius 2 is 1.75 bits per heavy atom. The molecule has 0 aromatic rings. The van der Waals surface area contributed by atoms with Crippen LogP contribution in [0.5, 0.6) is 0 Å². The Morgan fingerprint density at radius 1 is 1.00 bits per heavy atom. The number of rotatable bonds is 4. The monoisotopic (exact) mass is 279 g/mol. The molecule has 3 fully saturated rings. The molecule has 0 aliphatic carbocycles. The summed E-state index contributed by atoms with van der Waals surface area (Å²) in [6, 6.07) is 3.36. The van der Waals surface area contributed by atoms with Gasteiger partial charge in [0.1, 0.15) is 0 Å². The van der Waals surface area contributed by atoms with Crippen molar-refractivity contribution in [2.45, 2.75) is 82.5 Å². The lowest BCUT2D eigenvalue weighted by molar-refractivity contribution is 0.0851. The van der Waals surface area contributed by atoms with Gasteiger partial charge in [0.2, 0.25) is 0 Å². The summed E-state index contributed by atoms with van der Waals surface area (Å²) >= 11 is 0. The zero-order valence-corrected chi connectivity index (χ0v) is 13.5. The van der Waals surface area contributed by atoms with Crippen molar-refractivity contribution in [2.24, 2.45) is 0 Å². The summed E-state index contributed by atoms with van der Waals surface area (Å²) in [6.45, 7) is 6.26. The van der Waals surface area contributed by atoms with Crippen molar-refractivity contribution >= 4 is 0 Å². The van der Waals surface area contributed by atoms with E-state index in [9.17, 15) is 0 Å². The van der Waals surface area contributed by atoms with Gasteiger partial charge in [-0.05, 0) is 78.0 Å². The van der Waals surface area contributed by atoms with Crippen LogP contribution < -0.4 is 5.32 Å². The molecule has 3 saturated heterocycles. The van der Waals surface area contributed by atoms with Crippen LogP contribution in [0.3, 0.4) is 0 Å². The van der Waals surface area contributed by atoms with Gasteiger partial charge in [-0.3, -0.25) is 4.90 Å². The van der Waals surface area contributed by atoms with Crippen LogP contribution in [-0.4, -0.2) is 60.6 Å². The Kier molecular flexibility index (Phi) is 5.00. The van der Waals surface area contributed by atoms with Gasteiger partial charge in [-0.2, -0.15) is 0 Å². The van der Waals surface area contributed by atoms with Gasteiger partial charge in [0.25, 0.3) is 0 Å². The van der Waals surface area contributed by atoms with E-state index in [1.54, 1.807) is 0 Å². The van der Waals surface area contributed by atoms with E-state index in [1.807, 2.05) is 0 Å². The Hall–Kier alpha value is -0.120. The predicted octanol–water partition coefficient (Wildman–Crippen LogP) is 2.47. The van der Waals surface area contributed by atoms with Gasteiger partial charge in [-0.15, -0.1) is 0 Å². The van der Waals surface area contributed by atoms with Crippen molar-refractivity contribution in [1.82, 2.24) is 15.1 Å². The number of nitrogens with zero attached hydrogens (tertiary/aromatic N) is 2. The predicted molar refractivity (Wildman–Crippen MR) is 85.1 cm³/mol. The van der Waals surface area contributed by atoms with Crippen molar-refractivity contribution < 1.29 is 0 Å². The standard InChI is InChI=1S/C17H33N3/c1-3-9-20(16-5-4-10-19(2)11-8-16)17-12-14-6-7-15(13-17)18-14/h14-18H,3-13H2,1-2H3. The molecule has 3 heteroatoms. The first-order valence-corrected chi connectivity index (χ1v) is 8.96. The summed E-state index contributed by atoms with van der Waals surface area (Å²) in [5.41, 5.74) is 0. The average molecular weight is 279 g/mol. The SMILES string of the molecule is CCCN(C1CCCN(C)CC1)C1CC2CCC(C1)N2. The summed E-state index contributed by atoms with van der Waals surface area (Å²) in [6.07, 6.45) is 11.2. The van der Waals surface area contributed by atoms with Crippen molar-refractivity contribution in [3.05, 3.63) is 0 Å². The molecule has 0 spiro atoms. The Morgan fingerprint density at radius 3 is 2.45 bits per heavy atom. The molecule has 3 aliphatic rings. The van der Waals surface area contributed by atoms with Crippen LogP contribution in [0, 0.1) is 0 Å². The first-order valence-electron chi connectivity index (χ1n) is 8.96. The van der Waals surface area contributed by atoms with Crippen LogP contribution >= 0.6 is 0 Å². The molecular formula is C17H33N3. The average Bonchev–Trinajstić information content (AvgIpc) is 2.65.